The maximum Gasteiger partial charge on any atom is 0.433 e. The maximum absolute atomic E-state index is 12.1. The van der Waals surface area contributed by atoms with Crippen LogP contribution in [0.2, 0.25) is 0 Å². The van der Waals surface area contributed by atoms with Crippen LogP contribution in [0, 0.1) is 10.1 Å². The molecule has 1 saturated carbocycles. The van der Waals surface area contributed by atoms with E-state index < -0.39 is 14.8 Å². The highest BCUT2D eigenvalue weighted by molar-refractivity contribution is 7.92. The number of rotatable bonds is 3. The number of nitro groups is 1. The molecule has 0 radical (unpaired) electrons. The van der Waals surface area contributed by atoms with Crippen molar-refractivity contribution >= 4 is 21.9 Å². The average Bonchev–Trinajstić information content (AvgIpc) is 2.96. The first-order chi connectivity index (χ1) is 10.5. The lowest BCUT2D eigenvalue weighted by Crippen LogP contribution is -2.53. The molecule has 0 aromatic carbocycles. The summed E-state index contributed by atoms with van der Waals surface area (Å²) in [6.07, 6.45) is 4.83. The van der Waals surface area contributed by atoms with Gasteiger partial charge in [0.15, 0.2) is 15.6 Å². The van der Waals surface area contributed by atoms with Crippen LogP contribution in [0.5, 0.6) is 0 Å². The van der Waals surface area contributed by atoms with Gasteiger partial charge in [0, 0.05) is 0 Å². The molecule has 9 heteroatoms. The predicted molar refractivity (Wildman–Crippen MR) is 79.5 cm³/mol. The molecule has 2 heterocycles. The van der Waals surface area contributed by atoms with Crippen molar-refractivity contribution in [3.8, 4) is 0 Å². The molecule has 8 nitrogen and oxygen atoms in total. The summed E-state index contributed by atoms with van der Waals surface area (Å²) in [6.45, 7) is 0.350. The highest BCUT2D eigenvalue weighted by atomic mass is 32.2. The van der Waals surface area contributed by atoms with Crippen molar-refractivity contribution in [1.82, 2.24) is 5.01 Å². The summed E-state index contributed by atoms with van der Waals surface area (Å²) >= 11 is 0. The van der Waals surface area contributed by atoms with Crippen LogP contribution in [0.1, 0.15) is 31.4 Å². The minimum atomic E-state index is -3.03. The number of nitrogens with zero attached hydrogens (tertiary/aromatic N) is 3. The third-order valence-electron chi connectivity index (χ3n) is 4.24. The summed E-state index contributed by atoms with van der Waals surface area (Å²) in [5, 5.41) is 16.3. The molecule has 0 N–H and O–H groups in total. The zero-order chi connectivity index (χ0) is 15.7. The van der Waals surface area contributed by atoms with Crippen molar-refractivity contribution in [2.75, 3.05) is 12.3 Å². The number of furan rings is 1. The first-order valence-corrected chi connectivity index (χ1v) is 8.95. The number of sulfone groups is 1. The Balaban J connectivity index is 1.76. The summed E-state index contributed by atoms with van der Waals surface area (Å²) in [4.78, 5) is 9.96. The van der Waals surface area contributed by atoms with Crippen LogP contribution in [-0.2, 0) is 9.84 Å². The number of fused-ring (bicyclic) bond motifs is 1. The third-order valence-corrected chi connectivity index (χ3v) is 6.47. The predicted octanol–water partition coefficient (Wildman–Crippen LogP) is 1.56. The number of hydrazone groups is 1. The fourth-order valence-electron chi connectivity index (χ4n) is 3.16. The van der Waals surface area contributed by atoms with E-state index in [0.29, 0.717) is 13.0 Å². The summed E-state index contributed by atoms with van der Waals surface area (Å²) < 4.78 is 29.3. The highest BCUT2D eigenvalue weighted by Gasteiger charge is 2.42. The topological polar surface area (TPSA) is 106 Å². The summed E-state index contributed by atoms with van der Waals surface area (Å²) in [7, 11) is -3.03. The van der Waals surface area contributed by atoms with Crippen molar-refractivity contribution < 1.29 is 17.8 Å². The summed E-state index contributed by atoms with van der Waals surface area (Å²) in [6, 6.07) is 2.64. The molecular weight excluding hydrogens is 310 g/mol. The molecule has 120 valence electrons. The summed E-state index contributed by atoms with van der Waals surface area (Å²) in [5.41, 5.74) is 0. The van der Waals surface area contributed by atoms with Gasteiger partial charge in [-0.2, -0.15) is 5.10 Å². The third kappa shape index (κ3) is 2.85. The molecule has 0 spiro atoms. The van der Waals surface area contributed by atoms with Gasteiger partial charge in [-0.1, -0.05) is 12.8 Å². The van der Waals surface area contributed by atoms with Gasteiger partial charge < -0.3 is 4.42 Å². The second-order valence-electron chi connectivity index (χ2n) is 5.60. The van der Waals surface area contributed by atoms with E-state index in [-0.39, 0.29) is 28.7 Å². The van der Waals surface area contributed by atoms with E-state index in [0.717, 1.165) is 19.3 Å². The molecule has 2 fully saturated rings. The molecule has 1 aromatic rings. The molecule has 1 aromatic heterocycles. The zero-order valence-electron chi connectivity index (χ0n) is 11.9. The lowest BCUT2D eigenvalue weighted by atomic mass is 9.94. The minimum absolute atomic E-state index is 0.101. The lowest BCUT2D eigenvalue weighted by Gasteiger charge is -2.41. The Morgan fingerprint density at radius 1 is 1.36 bits per heavy atom. The molecule has 0 amide bonds. The molecular formula is C13H17N3O5S. The summed E-state index contributed by atoms with van der Waals surface area (Å²) in [5.74, 6) is 0.0507. The van der Waals surface area contributed by atoms with Crippen molar-refractivity contribution in [3.63, 3.8) is 0 Å². The van der Waals surface area contributed by atoms with E-state index in [4.69, 9.17) is 4.42 Å². The smallest absolute Gasteiger partial charge is 0.400 e. The second kappa shape index (κ2) is 5.71. The van der Waals surface area contributed by atoms with Crippen LogP contribution in [-0.4, -0.2) is 48.2 Å². The molecule has 1 saturated heterocycles. The van der Waals surface area contributed by atoms with Gasteiger partial charge in [0.1, 0.15) is 4.92 Å². The van der Waals surface area contributed by atoms with Crippen LogP contribution < -0.4 is 0 Å². The first-order valence-electron chi connectivity index (χ1n) is 7.24. The molecule has 2 unspecified atom stereocenters. The van der Waals surface area contributed by atoms with E-state index in [1.54, 1.807) is 5.01 Å². The molecule has 3 rings (SSSR count). The van der Waals surface area contributed by atoms with Gasteiger partial charge in [-0.3, -0.25) is 15.1 Å². The Hall–Kier alpha value is -1.90. The van der Waals surface area contributed by atoms with Gasteiger partial charge in [-0.25, -0.2) is 8.42 Å². The number of hydrogen-bond acceptors (Lipinski definition) is 7. The van der Waals surface area contributed by atoms with E-state index in [1.807, 2.05) is 0 Å². The minimum Gasteiger partial charge on any atom is -0.400 e. The molecule has 2 atom stereocenters. The standard InChI is InChI=1S/C13H17N3O5S/c17-16(18)13-6-5-10(21-13)9-14-15-7-8-22(19,20)12-4-2-1-3-11(12)15/h5-6,9,11-12H,1-4,7-8H2. The zero-order valence-corrected chi connectivity index (χ0v) is 12.7. The van der Waals surface area contributed by atoms with Gasteiger partial charge in [-0.15, -0.1) is 0 Å². The van der Waals surface area contributed by atoms with Crippen LogP contribution in [0.25, 0.3) is 0 Å². The van der Waals surface area contributed by atoms with Crippen LogP contribution >= 0.6 is 0 Å². The second-order valence-corrected chi connectivity index (χ2v) is 7.94. The van der Waals surface area contributed by atoms with E-state index >= 15 is 0 Å². The lowest BCUT2D eigenvalue weighted by molar-refractivity contribution is -0.402. The van der Waals surface area contributed by atoms with Crippen molar-refractivity contribution in [1.29, 1.82) is 0 Å². The molecule has 1 aliphatic carbocycles. The normalized spacial score (nSPS) is 27.7. The van der Waals surface area contributed by atoms with Crippen molar-refractivity contribution in [2.45, 2.75) is 37.0 Å². The van der Waals surface area contributed by atoms with E-state index in [1.165, 1.54) is 18.3 Å². The van der Waals surface area contributed by atoms with Crippen LogP contribution in [0.4, 0.5) is 5.88 Å². The maximum atomic E-state index is 12.1. The Labute approximate surface area is 127 Å². The molecule has 2 aliphatic rings. The Morgan fingerprint density at radius 2 is 2.14 bits per heavy atom. The Morgan fingerprint density at radius 3 is 2.86 bits per heavy atom. The van der Waals surface area contributed by atoms with E-state index in [9.17, 15) is 18.5 Å². The monoisotopic (exact) mass is 327 g/mol. The molecule has 22 heavy (non-hydrogen) atoms. The van der Waals surface area contributed by atoms with E-state index in [2.05, 4.69) is 5.10 Å². The highest BCUT2D eigenvalue weighted by Crippen LogP contribution is 2.32. The number of hydrogen-bond donors (Lipinski definition) is 0. The SMILES string of the molecule is O=[N+]([O-])c1ccc(C=NN2CCS(=O)(=O)C3CCCCC32)o1. The Kier molecular flexibility index (Phi) is 3.90. The van der Waals surface area contributed by atoms with Gasteiger partial charge in [0.05, 0.1) is 35.9 Å². The Bertz CT molecular complexity index is 696. The first kappa shape index (κ1) is 15.0. The fourth-order valence-corrected chi connectivity index (χ4v) is 5.18. The van der Waals surface area contributed by atoms with Gasteiger partial charge in [0.2, 0.25) is 0 Å². The fraction of sp³-hybridized carbons (Fsp3) is 0.615. The largest absolute Gasteiger partial charge is 0.433 e. The van der Waals surface area contributed by atoms with Gasteiger partial charge >= 0.3 is 5.88 Å². The van der Waals surface area contributed by atoms with Gasteiger partial charge in [-0.05, 0) is 18.9 Å². The molecule has 0 bridgehead atoms. The van der Waals surface area contributed by atoms with Crippen molar-refractivity contribution in [2.24, 2.45) is 5.10 Å². The van der Waals surface area contributed by atoms with Crippen molar-refractivity contribution in [3.05, 3.63) is 28.0 Å². The van der Waals surface area contributed by atoms with Gasteiger partial charge in [0.25, 0.3) is 0 Å². The average molecular weight is 327 g/mol. The van der Waals surface area contributed by atoms with Crippen LogP contribution in [0.3, 0.4) is 0 Å². The molecule has 1 aliphatic heterocycles. The quantitative estimate of drug-likeness (QED) is 0.474. The van der Waals surface area contributed by atoms with Crippen LogP contribution in [0.15, 0.2) is 21.7 Å².